The minimum Gasteiger partial charge on any atom is -0.497 e. The zero-order chi connectivity index (χ0) is 15.2. The third kappa shape index (κ3) is 5.04. The number of ether oxygens (including phenoxy) is 2. The van der Waals surface area contributed by atoms with E-state index in [0.717, 1.165) is 30.9 Å². The standard InChI is InChI=1S/C17H29NO2/c1-7-18-16(17(2,3)4)9-8-13-10-14(19-5)12-15(11-13)20-6/h10-12,16,18H,7-9H2,1-6H3. The molecule has 0 heterocycles. The highest BCUT2D eigenvalue weighted by molar-refractivity contribution is 5.38. The molecule has 1 atom stereocenters. The molecule has 0 aliphatic carbocycles. The Morgan fingerprint density at radius 2 is 1.60 bits per heavy atom. The van der Waals surface area contributed by atoms with Gasteiger partial charge in [0.2, 0.25) is 0 Å². The lowest BCUT2D eigenvalue weighted by Crippen LogP contribution is -2.40. The molecular weight excluding hydrogens is 250 g/mol. The van der Waals surface area contributed by atoms with Gasteiger partial charge in [0.05, 0.1) is 14.2 Å². The van der Waals surface area contributed by atoms with Crippen molar-refractivity contribution in [2.24, 2.45) is 5.41 Å². The van der Waals surface area contributed by atoms with Gasteiger partial charge >= 0.3 is 0 Å². The Kier molecular flexibility index (Phi) is 6.34. The monoisotopic (exact) mass is 279 g/mol. The number of nitrogens with one attached hydrogen (secondary N) is 1. The second kappa shape index (κ2) is 7.53. The van der Waals surface area contributed by atoms with E-state index in [1.54, 1.807) is 14.2 Å². The van der Waals surface area contributed by atoms with Crippen LogP contribution in [0, 0.1) is 5.41 Å². The molecule has 0 spiro atoms. The predicted molar refractivity (Wildman–Crippen MR) is 84.8 cm³/mol. The summed E-state index contributed by atoms with van der Waals surface area (Å²) in [5, 5.41) is 3.59. The van der Waals surface area contributed by atoms with Crippen LogP contribution in [0.15, 0.2) is 18.2 Å². The second-order valence-electron chi connectivity index (χ2n) is 6.24. The molecule has 20 heavy (non-hydrogen) atoms. The van der Waals surface area contributed by atoms with Gasteiger partial charge in [-0.3, -0.25) is 0 Å². The van der Waals surface area contributed by atoms with Crippen LogP contribution in [0.2, 0.25) is 0 Å². The van der Waals surface area contributed by atoms with Crippen LogP contribution in [-0.4, -0.2) is 26.8 Å². The van der Waals surface area contributed by atoms with Crippen molar-refractivity contribution in [3.8, 4) is 11.5 Å². The molecule has 114 valence electrons. The average Bonchev–Trinajstić information content (AvgIpc) is 2.41. The summed E-state index contributed by atoms with van der Waals surface area (Å²) >= 11 is 0. The van der Waals surface area contributed by atoms with E-state index in [1.807, 2.05) is 6.07 Å². The number of aryl methyl sites for hydroxylation is 1. The fourth-order valence-electron chi connectivity index (χ4n) is 2.41. The van der Waals surface area contributed by atoms with Crippen molar-refractivity contribution in [3.63, 3.8) is 0 Å². The molecule has 0 saturated carbocycles. The van der Waals surface area contributed by atoms with Crippen LogP contribution in [0.25, 0.3) is 0 Å². The van der Waals surface area contributed by atoms with Gasteiger partial charge in [-0.2, -0.15) is 0 Å². The van der Waals surface area contributed by atoms with Gasteiger partial charge in [-0.15, -0.1) is 0 Å². The minimum atomic E-state index is 0.263. The van der Waals surface area contributed by atoms with Crippen LogP contribution < -0.4 is 14.8 Å². The number of benzene rings is 1. The summed E-state index contributed by atoms with van der Waals surface area (Å²) in [4.78, 5) is 0. The van der Waals surface area contributed by atoms with Crippen molar-refractivity contribution in [3.05, 3.63) is 23.8 Å². The average molecular weight is 279 g/mol. The Morgan fingerprint density at radius 1 is 1.05 bits per heavy atom. The second-order valence-corrected chi connectivity index (χ2v) is 6.24. The third-order valence-corrected chi connectivity index (χ3v) is 3.63. The van der Waals surface area contributed by atoms with Crippen LogP contribution in [0.4, 0.5) is 0 Å². The van der Waals surface area contributed by atoms with E-state index in [9.17, 15) is 0 Å². The zero-order valence-corrected chi connectivity index (χ0v) is 13.7. The number of rotatable bonds is 7. The van der Waals surface area contributed by atoms with Crippen molar-refractivity contribution in [1.29, 1.82) is 0 Å². The Labute approximate surface area is 123 Å². The molecule has 0 aromatic heterocycles. The highest BCUT2D eigenvalue weighted by Crippen LogP contribution is 2.26. The summed E-state index contributed by atoms with van der Waals surface area (Å²) in [6, 6.07) is 6.60. The fraction of sp³-hybridized carbons (Fsp3) is 0.647. The first-order valence-corrected chi connectivity index (χ1v) is 7.36. The summed E-state index contributed by atoms with van der Waals surface area (Å²) in [6.07, 6.45) is 2.12. The van der Waals surface area contributed by atoms with Gasteiger partial charge in [0.15, 0.2) is 0 Å². The molecule has 0 fully saturated rings. The fourth-order valence-corrected chi connectivity index (χ4v) is 2.41. The molecule has 0 bridgehead atoms. The van der Waals surface area contributed by atoms with Gasteiger partial charge in [-0.25, -0.2) is 0 Å². The van der Waals surface area contributed by atoms with Gasteiger partial charge in [0, 0.05) is 12.1 Å². The SMILES string of the molecule is CCNC(CCc1cc(OC)cc(OC)c1)C(C)(C)C. The quantitative estimate of drug-likeness (QED) is 0.826. The summed E-state index contributed by atoms with van der Waals surface area (Å²) in [5.41, 5.74) is 1.52. The van der Waals surface area contributed by atoms with E-state index in [4.69, 9.17) is 9.47 Å². The molecule has 1 N–H and O–H groups in total. The lowest BCUT2D eigenvalue weighted by atomic mass is 9.83. The summed E-state index contributed by atoms with van der Waals surface area (Å²) in [6.45, 7) is 10.0. The molecule has 1 rings (SSSR count). The lowest BCUT2D eigenvalue weighted by molar-refractivity contribution is 0.258. The zero-order valence-electron chi connectivity index (χ0n) is 13.7. The summed E-state index contributed by atoms with van der Waals surface area (Å²) < 4.78 is 10.6. The van der Waals surface area contributed by atoms with Crippen LogP contribution >= 0.6 is 0 Å². The van der Waals surface area contributed by atoms with E-state index in [-0.39, 0.29) is 5.41 Å². The maximum absolute atomic E-state index is 5.32. The first-order valence-electron chi connectivity index (χ1n) is 7.36. The van der Waals surface area contributed by atoms with Gasteiger partial charge in [-0.05, 0) is 42.5 Å². The van der Waals surface area contributed by atoms with Gasteiger partial charge in [0.25, 0.3) is 0 Å². The highest BCUT2D eigenvalue weighted by Gasteiger charge is 2.23. The van der Waals surface area contributed by atoms with Gasteiger partial charge in [-0.1, -0.05) is 27.7 Å². The first kappa shape index (κ1) is 16.8. The van der Waals surface area contributed by atoms with Crippen LogP contribution in [0.1, 0.15) is 39.7 Å². The topological polar surface area (TPSA) is 30.5 Å². The highest BCUT2D eigenvalue weighted by atomic mass is 16.5. The smallest absolute Gasteiger partial charge is 0.122 e. The van der Waals surface area contributed by atoms with Crippen molar-refractivity contribution in [2.75, 3.05) is 20.8 Å². The molecule has 0 aliphatic rings. The van der Waals surface area contributed by atoms with E-state index in [0.29, 0.717) is 6.04 Å². The maximum Gasteiger partial charge on any atom is 0.122 e. The van der Waals surface area contributed by atoms with Crippen LogP contribution in [0.3, 0.4) is 0 Å². The Bertz CT molecular complexity index is 388. The predicted octanol–water partition coefficient (Wildman–Crippen LogP) is 3.66. The molecule has 1 unspecified atom stereocenters. The van der Waals surface area contributed by atoms with Crippen LogP contribution in [0.5, 0.6) is 11.5 Å². The lowest BCUT2D eigenvalue weighted by Gasteiger charge is -2.31. The number of methoxy groups -OCH3 is 2. The normalized spacial score (nSPS) is 13.1. The summed E-state index contributed by atoms with van der Waals surface area (Å²) in [5.74, 6) is 1.71. The molecule has 3 heteroatoms. The third-order valence-electron chi connectivity index (χ3n) is 3.63. The number of hydrogen-bond donors (Lipinski definition) is 1. The first-order chi connectivity index (χ1) is 9.40. The number of hydrogen-bond acceptors (Lipinski definition) is 3. The van der Waals surface area contributed by atoms with E-state index < -0.39 is 0 Å². The minimum absolute atomic E-state index is 0.263. The Balaban J connectivity index is 2.76. The maximum atomic E-state index is 5.32. The molecule has 3 nitrogen and oxygen atoms in total. The molecular formula is C17H29NO2. The Morgan fingerprint density at radius 3 is 2.00 bits per heavy atom. The van der Waals surface area contributed by atoms with E-state index in [1.165, 1.54) is 5.56 Å². The molecule has 0 aliphatic heterocycles. The molecule has 0 radical (unpaired) electrons. The van der Waals surface area contributed by atoms with E-state index >= 15 is 0 Å². The van der Waals surface area contributed by atoms with Crippen LogP contribution in [-0.2, 0) is 6.42 Å². The molecule has 1 aromatic rings. The largest absolute Gasteiger partial charge is 0.497 e. The van der Waals surface area contributed by atoms with Gasteiger partial charge in [0.1, 0.15) is 11.5 Å². The summed E-state index contributed by atoms with van der Waals surface area (Å²) in [7, 11) is 3.38. The van der Waals surface area contributed by atoms with E-state index in [2.05, 4.69) is 45.1 Å². The van der Waals surface area contributed by atoms with Crippen molar-refractivity contribution in [2.45, 2.75) is 46.6 Å². The van der Waals surface area contributed by atoms with Gasteiger partial charge < -0.3 is 14.8 Å². The van der Waals surface area contributed by atoms with Crippen molar-refractivity contribution >= 4 is 0 Å². The molecule has 0 amide bonds. The van der Waals surface area contributed by atoms with Crippen molar-refractivity contribution in [1.82, 2.24) is 5.32 Å². The van der Waals surface area contributed by atoms with Crippen molar-refractivity contribution < 1.29 is 9.47 Å². The molecule has 1 aromatic carbocycles. The molecule has 0 saturated heterocycles. The Hall–Kier alpha value is -1.22.